The minimum atomic E-state index is -0.527. The molecule has 9 nitrogen and oxygen atoms in total. The van der Waals surface area contributed by atoms with E-state index in [0.717, 1.165) is 18.8 Å². The predicted octanol–water partition coefficient (Wildman–Crippen LogP) is 2.91. The maximum atomic E-state index is 12.6. The molecule has 1 aliphatic heterocycles. The molecule has 9 heteroatoms. The first-order chi connectivity index (χ1) is 16.1. The Kier molecular flexibility index (Phi) is 6.37. The smallest absolute Gasteiger partial charge is 0.338 e. The highest BCUT2D eigenvalue weighted by atomic mass is 16.6. The molecule has 0 N–H and O–H groups in total. The summed E-state index contributed by atoms with van der Waals surface area (Å²) in [7, 11) is 1.74. The monoisotopic (exact) mass is 462 g/mol. The molecule has 2 aromatic heterocycles. The van der Waals surface area contributed by atoms with Crippen LogP contribution in [0.15, 0.2) is 53.7 Å². The SMILES string of the molecule is C[C@@H]1CN(c2ccc(C(=O)OC(C)(C)C)cc2)CCN1c1nc(-c2ccncn2)cc(=O)n1C. The molecule has 1 aromatic carbocycles. The lowest BCUT2D eigenvalue weighted by Crippen LogP contribution is -2.53. The number of esters is 1. The Labute approximate surface area is 199 Å². The van der Waals surface area contributed by atoms with Crippen LogP contribution >= 0.6 is 0 Å². The zero-order chi connectivity index (χ0) is 24.5. The van der Waals surface area contributed by atoms with Gasteiger partial charge in [-0.15, -0.1) is 0 Å². The second kappa shape index (κ2) is 9.24. The quantitative estimate of drug-likeness (QED) is 0.547. The van der Waals surface area contributed by atoms with Gasteiger partial charge >= 0.3 is 5.97 Å². The van der Waals surface area contributed by atoms with Crippen LogP contribution in [-0.2, 0) is 11.8 Å². The second-order valence-corrected chi connectivity index (χ2v) is 9.47. The molecule has 3 heterocycles. The molecule has 0 amide bonds. The van der Waals surface area contributed by atoms with Crippen LogP contribution < -0.4 is 15.4 Å². The molecule has 1 fully saturated rings. The van der Waals surface area contributed by atoms with E-state index < -0.39 is 5.60 Å². The van der Waals surface area contributed by atoms with Crippen molar-refractivity contribution >= 4 is 17.6 Å². The maximum absolute atomic E-state index is 12.6. The largest absolute Gasteiger partial charge is 0.456 e. The highest BCUT2D eigenvalue weighted by Gasteiger charge is 2.27. The number of aromatic nitrogens is 4. The van der Waals surface area contributed by atoms with E-state index in [2.05, 4.69) is 26.7 Å². The van der Waals surface area contributed by atoms with Crippen LogP contribution in [-0.4, -0.2) is 56.8 Å². The fourth-order valence-corrected chi connectivity index (χ4v) is 3.99. The van der Waals surface area contributed by atoms with Crippen molar-refractivity contribution in [3.63, 3.8) is 0 Å². The summed E-state index contributed by atoms with van der Waals surface area (Å²) in [4.78, 5) is 42.3. The molecule has 1 saturated heterocycles. The van der Waals surface area contributed by atoms with Gasteiger partial charge in [-0.3, -0.25) is 9.36 Å². The minimum Gasteiger partial charge on any atom is -0.456 e. The summed E-state index contributed by atoms with van der Waals surface area (Å²) >= 11 is 0. The van der Waals surface area contributed by atoms with Gasteiger partial charge in [0, 0.05) is 50.7 Å². The lowest BCUT2D eigenvalue weighted by Gasteiger charge is -2.42. The van der Waals surface area contributed by atoms with Gasteiger partial charge in [0.25, 0.3) is 5.56 Å². The van der Waals surface area contributed by atoms with Crippen molar-refractivity contribution in [2.75, 3.05) is 29.4 Å². The number of anilines is 2. The van der Waals surface area contributed by atoms with Gasteiger partial charge in [0.05, 0.1) is 17.0 Å². The molecule has 4 rings (SSSR count). The molecular weight excluding hydrogens is 432 g/mol. The van der Waals surface area contributed by atoms with Gasteiger partial charge < -0.3 is 14.5 Å². The van der Waals surface area contributed by atoms with Crippen LogP contribution in [0.3, 0.4) is 0 Å². The van der Waals surface area contributed by atoms with E-state index in [1.807, 2.05) is 32.9 Å². The first-order valence-corrected chi connectivity index (χ1v) is 11.3. The van der Waals surface area contributed by atoms with Crippen molar-refractivity contribution in [3.05, 3.63) is 64.8 Å². The van der Waals surface area contributed by atoms with Gasteiger partial charge in [-0.05, 0) is 58.0 Å². The number of piperazine rings is 1. The van der Waals surface area contributed by atoms with Crippen LogP contribution in [0.25, 0.3) is 11.4 Å². The highest BCUT2D eigenvalue weighted by Crippen LogP contribution is 2.24. The average Bonchev–Trinajstić information content (AvgIpc) is 2.80. The predicted molar refractivity (Wildman–Crippen MR) is 131 cm³/mol. The zero-order valence-corrected chi connectivity index (χ0v) is 20.2. The minimum absolute atomic E-state index is 0.109. The molecule has 0 saturated carbocycles. The third-order valence-corrected chi connectivity index (χ3v) is 5.71. The van der Waals surface area contributed by atoms with Crippen LogP contribution in [0.2, 0.25) is 0 Å². The van der Waals surface area contributed by atoms with Gasteiger partial charge in [0.2, 0.25) is 5.95 Å². The number of benzene rings is 1. The lowest BCUT2D eigenvalue weighted by molar-refractivity contribution is 0.00695. The molecule has 178 valence electrons. The summed E-state index contributed by atoms with van der Waals surface area (Å²) in [5.74, 6) is 0.293. The topological polar surface area (TPSA) is 93.5 Å². The second-order valence-electron chi connectivity index (χ2n) is 9.47. The summed E-state index contributed by atoms with van der Waals surface area (Å²) in [6.07, 6.45) is 3.08. The average molecular weight is 463 g/mol. The number of ether oxygens (including phenoxy) is 1. The van der Waals surface area contributed by atoms with Gasteiger partial charge in [-0.1, -0.05) is 0 Å². The number of hydrogen-bond acceptors (Lipinski definition) is 8. The van der Waals surface area contributed by atoms with E-state index in [4.69, 9.17) is 9.72 Å². The molecule has 0 radical (unpaired) electrons. The Morgan fingerprint density at radius 1 is 1.09 bits per heavy atom. The lowest BCUT2D eigenvalue weighted by atomic mass is 10.1. The van der Waals surface area contributed by atoms with Gasteiger partial charge in [0.15, 0.2) is 0 Å². The fourth-order valence-electron chi connectivity index (χ4n) is 3.99. The van der Waals surface area contributed by atoms with Crippen molar-refractivity contribution in [2.45, 2.75) is 39.3 Å². The molecule has 34 heavy (non-hydrogen) atoms. The Balaban J connectivity index is 1.51. The number of nitrogens with zero attached hydrogens (tertiary/aromatic N) is 6. The van der Waals surface area contributed by atoms with Crippen molar-refractivity contribution in [1.82, 2.24) is 19.5 Å². The van der Waals surface area contributed by atoms with E-state index in [1.54, 1.807) is 36.0 Å². The first kappa shape index (κ1) is 23.4. The molecule has 1 atom stereocenters. The van der Waals surface area contributed by atoms with E-state index in [9.17, 15) is 9.59 Å². The summed E-state index contributed by atoms with van der Waals surface area (Å²) in [6, 6.07) is 10.9. The highest BCUT2D eigenvalue weighted by molar-refractivity contribution is 5.90. The van der Waals surface area contributed by atoms with E-state index in [-0.39, 0.29) is 17.6 Å². The van der Waals surface area contributed by atoms with Crippen molar-refractivity contribution in [3.8, 4) is 11.4 Å². The third kappa shape index (κ3) is 5.08. The Morgan fingerprint density at radius 2 is 1.82 bits per heavy atom. The van der Waals surface area contributed by atoms with Crippen LogP contribution in [0, 0.1) is 0 Å². The van der Waals surface area contributed by atoms with Crippen molar-refractivity contribution < 1.29 is 9.53 Å². The zero-order valence-electron chi connectivity index (χ0n) is 20.2. The first-order valence-electron chi connectivity index (χ1n) is 11.3. The molecule has 3 aromatic rings. The van der Waals surface area contributed by atoms with Crippen LogP contribution in [0.5, 0.6) is 0 Å². The third-order valence-electron chi connectivity index (χ3n) is 5.71. The Bertz CT molecular complexity index is 1220. The van der Waals surface area contributed by atoms with Crippen molar-refractivity contribution in [1.29, 1.82) is 0 Å². The normalized spacial score (nSPS) is 16.4. The summed E-state index contributed by atoms with van der Waals surface area (Å²) in [6.45, 7) is 9.88. The summed E-state index contributed by atoms with van der Waals surface area (Å²) < 4.78 is 7.03. The number of carbonyl (C=O) groups excluding carboxylic acids is 1. The number of rotatable bonds is 4. The molecule has 1 aliphatic rings. The van der Waals surface area contributed by atoms with Crippen LogP contribution in [0.1, 0.15) is 38.1 Å². The number of carbonyl (C=O) groups is 1. The van der Waals surface area contributed by atoms with E-state index in [1.165, 1.54) is 12.4 Å². The molecular formula is C25H30N6O3. The maximum Gasteiger partial charge on any atom is 0.338 e. The van der Waals surface area contributed by atoms with E-state index >= 15 is 0 Å². The standard InChI is InChI=1S/C25H30N6O3/c1-17-15-30(19-8-6-18(7-9-19)23(33)34-25(2,3)4)12-13-31(17)24-28-21(14-22(32)29(24)5)20-10-11-26-16-27-20/h6-11,14,16-17H,12-13,15H2,1-5H3/t17-/m1/s1. The van der Waals surface area contributed by atoms with Gasteiger partial charge in [-0.2, -0.15) is 0 Å². The van der Waals surface area contributed by atoms with Gasteiger partial charge in [0.1, 0.15) is 11.9 Å². The van der Waals surface area contributed by atoms with Crippen molar-refractivity contribution in [2.24, 2.45) is 7.05 Å². The summed E-state index contributed by atoms with van der Waals surface area (Å²) in [5.41, 5.74) is 2.06. The van der Waals surface area contributed by atoms with E-state index in [0.29, 0.717) is 29.4 Å². The Hall–Kier alpha value is -3.75. The fraction of sp³-hybridized carbons (Fsp3) is 0.400. The van der Waals surface area contributed by atoms with Gasteiger partial charge in [-0.25, -0.2) is 19.7 Å². The number of hydrogen-bond donors (Lipinski definition) is 0. The molecule has 0 spiro atoms. The molecule has 0 aliphatic carbocycles. The van der Waals surface area contributed by atoms with Crippen LogP contribution in [0.4, 0.5) is 11.6 Å². The molecule has 0 bridgehead atoms. The summed E-state index contributed by atoms with van der Waals surface area (Å²) in [5, 5.41) is 0. The Morgan fingerprint density at radius 3 is 2.44 bits per heavy atom. The molecule has 0 unspecified atom stereocenters.